The van der Waals surface area contributed by atoms with Crippen molar-refractivity contribution in [3.8, 4) is 0 Å². The molecule has 0 aliphatic heterocycles. The first-order chi connectivity index (χ1) is 7.90. The summed E-state index contributed by atoms with van der Waals surface area (Å²) >= 11 is 8.91. The quantitative estimate of drug-likeness (QED) is 0.892. The Morgan fingerprint density at radius 3 is 2.76 bits per heavy atom. The molecule has 1 amide bonds. The Hall–Kier alpha value is -0.810. The summed E-state index contributed by atoms with van der Waals surface area (Å²) in [5.74, 6) is -0.240. The van der Waals surface area contributed by atoms with Gasteiger partial charge in [-0.1, -0.05) is 25.4 Å². The zero-order valence-electron chi connectivity index (χ0n) is 9.39. The normalized spacial score (nSPS) is 10.5. The summed E-state index contributed by atoms with van der Waals surface area (Å²) in [6.07, 6.45) is -0.618. The van der Waals surface area contributed by atoms with Crippen molar-refractivity contribution in [1.29, 1.82) is 0 Å². The molecule has 17 heavy (non-hydrogen) atoms. The van der Waals surface area contributed by atoms with Crippen molar-refractivity contribution in [1.82, 2.24) is 0 Å². The minimum Gasteiger partial charge on any atom is -0.449 e. The number of halogens is 3. The number of carbonyl (C=O) groups is 1. The minimum absolute atomic E-state index is 0.110. The zero-order valence-corrected chi connectivity index (χ0v) is 11.7. The molecule has 0 unspecified atom stereocenters. The van der Waals surface area contributed by atoms with Gasteiger partial charge >= 0.3 is 6.09 Å². The summed E-state index contributed by atoms with van der Waals surface area (Å²) in [5.41, 5.74) is 0.293. The van der Waals surface area contributed by atoms with E-state index in [0.717, 1.165) is 6.07 Å². The second kappa shape index (κ2) is 6.21. The standard InChI is InChI=1S/C11H12BrClFNO2/c1-6(2)5-17-11(16)15-10-8(12)3-7(14)4-9(10)13/h3-4,6H,5H2,1-2H3,(H,15,16). The SMILES string of the molecule is CC(C)COC(=O)Nc1c(Cl)cc(F)cc1Br. The van der Waals surface area contributed by atoms with Gasteiger partial charge in [-0.25, -0.2) is 9.18 Å². The highest BCUT2D eigenvalue weighted by molar-refractivity contribution is 9.10. The maximum atomic E-state index is 12.9. The highest BCUT2D eigenvalue weighted by atomic mass is 79.9. The molecule has 0 saturated carbocycles. The van der Waals surface area contributed by atoms with E-state index in [1.54, 1.807) is 0 Å². The Balaban J connectivity index is 2.72. The van der Waals surface area contributed by atoms with E-state index in [9.17, 15) is 9.18 Å². The van der Waals surface area contributed by atoms with Crippen molar-refractivity contribution in [3.63, 3.8) is 0 Å². The fourth-order valence-electron chi connectivity index (χ4n) is 1.04. The first kappa shape index (κ1) is 14.3. The Morgan fingerprint density at radius 2 is 2.24 bits per heavy atom. The lowest BCUT2D eigenvalue weighted by atomic mass is 10.2. The van der Waals surface area contributed by atoms with Crippen molar-refractivity contribution in [2.24, 2.45) is 5.92 Å². The number of carbonyl (C=O) groups excluding carboxylic acids is 1. The average Bonchev–Trinajstić information content (AvgIpc) is 2.20. The van der Waals surface area contributed by atoms with E-state index in [4.69, 9.17) is 16.3 Å². The summed E-state index contributed by atoms with van der Waals surface area (Å²) in [6.45, 7) is 4.16. The molecule has 6 heteroatoms. The molecule has 1 aromatic rings. The number of hydrogen-bond acceptors (Lipinski definition) is 2. The van der Waals surface area contributed by atoms with Gasteiger partial charge in [-0.3, -0.25) is 5.32 Å². The molecule has 0 aliphatic carbocycles. The van der Waals surface area contributed by atoms with E-state index in [-0.39, 0.29) is 10.9 Å². The summed E-state index contributed by atoms with van der Waals surface area (Å²) in [7, 11) is 0. The van der Waals surface area contributed by atoms with Crippen LogP contribution in [0, 0.1) is 11.7 Å². The molecule has 0 saturated heterocycles. The molecular formula is C11H12BrClFNO2. The second-order valence-corrected chi connectivity index (χ2v) is 5.12. The maximum Gasteiger partial charge on any atom is 0.411 e. The van der Waals surface area contributed by atoms with E-state index in [1.165, 1.54) is 6.07 Å². The Bertz CT molecular complexity index is 403. The van der Waals surface area contributed by atoms with Gasteiger partial charge < -0.3 is 4.74 Å². The predicted octanol–water partition coefficient (Wildman–Crippen LogP) is 4.45. The molecular weight excluding hydrogens is 312 g/mol. The molecule has 1 aromatic carbocycles. The largest absolute Gasteiger partial charge is 0.449 e. The average molecular weight is 325 g/mol. The van der Waals surface area contributed by atoms with Gasteiger partial charge in [0.1, 0.15) is 5.82 Å². The number of anilines is 1. The maximum absolute atomic E-state index is 12.9. The van der Waals surface area contributed by atoms with Crippen LogP contribution in [0.3, 0.4) is 0 Å². The van der Waals surface area contributed by atoms with Crippen molar-refractivity contribution in [3.05, 3.63) is 27.4 Å². The number of ether oxygens (including phenoxy) is 1. The molecule has 1 rings (SSSR count). The third kappa shape index (κ3) is 4.52. The number of rotatable bonds is 3. The van der Waals surface area contributed by atoms with Gasteiger partial charge in [0.2, 0.25) is 0 Å². The molecule has 0 atom stereocenters. The topological polar surface area (TPSA) is 38.3 Å². The van der Waals surface area contributed by atoms with Gasteiger partial charge in [-0.2, -0.15) is 0 Å². The van der Waals surface area contributed by atoms with Gasteiger partial charge in [0, 0.05) is 4.47 Å². The van der Waals surface area contributed by atoms with Crippen molar-refractivity contribution >= 4 is 39.3 Å². The predicted molar refractivity (Wildman–Crippen MR) is 68.9 cm³/mol. The number of amides is 1. The third-order valence-electron chi connectivity index (χ3n) is 1.78. The minimum atomic E-state index is -0.618. The fraction of sp³-hybridized carbons (Fsp3) is 0.364. The Labute approximate surface area is 112 Å². The number of benzene rings is 1. The molecule has 0 aliphatic rings. The summed E-state index contributed by atoms with van der Waals surface area (Å²) in [5, 5.41) is 2.56. The lowest BCUT2D eigenvalue weighted by Crippen LogP contribution is -2.17. The van der Waals surface area contributed by atoms with Gasteiger partial charge in [-0.05, 0) is 34.0 Å². The van der Waals surface area contributed by atoms with Crippen LogP contribution in [-0.2, 0) is 4.74 Å². The first-order valence-electron chi connectivity index (χ1n) is 4.98. The van der Waals surface area contributed by atoms with Gasteiger partial charge in [0.25, 0.3) is 0 Å². The Morgan fingerprint density at radius 1 is 1.59 bits per heavy atom. The zero-order chi connectivity index (χ0) is 13.0. The van der Waals surface area contributed by atoms with Gasteiger partial charge in [0.05, 0.1) is 17.3 Å². The van der Waals surface area contributed by atoms with E-state index >= 15 is 0 Å². The van der Waals surface area contributed by atoms with Crippen LogP contribution in [0.15, 0.2) is 16.6 Å². The fourth-order valence-corrected chi connectivity index (χ4v) is 1.94. The third-order valence-corrected chi connectivity index (χ3v) is 2.71. The van der Waals surface area contributed by atoms with Crippen LogP contribution in [-0.4, -0.2) is 12.7 Å². The van der Waals surface area contributed by atoms with E-state index < -0.39 is 11.9 Å². The summed E-state index contributed by atoms with van der Waals surface area (Å²) in [4.78, 5) is 11.4. The molecule has 3 nitrogen and oxygen atoms in total. The van der Waals surface area contributed by atoms with Crippen molar-refractivity contribution in [2.75, 3.05) is 11.9 Å². The van der Waals surface area contributed by atoms with Crippen LogP contribution in [0.2, 0.25) is 5.02 Å². The van der Waals surface area contributed by atoms with E-state index in [1.807, 2.05) is 13.8 Å². The number of hydrogen-bond donors (Lipinski definition) is 1. The van der Waals surface area contributed by atoms with Crippen molar-refractivity contribution < 1.29 is 13.9 Å². The molecule has 0 bridgehead atoms. The Kier molecular flexibility index (Phi) is 5.21. The molecule has 0 spiro atoms. The molecule has 1 N–H and O–H groups in total. The lowest BCUT2D eigenvalue weighted by Gasteiger charge is -2.11. The lowest BCUT2D eigenvalue weighted by molar-refractivity contribution is 0.147. The van der Waals surface area contributed by atoms with Crippen LogP contribution in [0.25, 0.3) is 0 Å². The van der Waals surface area contributed by atoms with Crippen LogP contribution < -0.4 is 5.32 Å². The molecule has 0 aromatic heterocycles. The monoisotopic (exact) mass is 323 g/mol. The second-order valence-electron chi connectivity index (χ2n) is 3.86. The van der Waals surface area contributed by atoms with Gasteiger partial charge in [-0.15, -0.1) is 0 Å². The molecule has 0 heterocycles. The summed E-state index contributed by atoms with van der Waals surface area (Å²) < 4.78 is 18.2. The molecule has 0 radical (unpaired) electrons. The molecule has 94 valence electrons. The van der Waals surface area contributed by atoms with Crippen molar-refractivity contribution in [2.45, 2.75) is 13.8 Å². The van der Waals surface area contributed by atoms with E-state index in [0.29, 0.717) is 16.8 Å². The molecule has 0 fully saturated rings. The highest BCUT2D eigenvalue weighted by Gasteiger charge is 2.12. The van der Waals surface area contributed by atoms with E-state index in [2.05, 4.69) is 21.2 Å². The highest BCUT2D eigenvalue weighted by Crippen LogP contribution is 2.31. The smallest absolute Gasteiger partial charge is 0.411 e. The van der Waals surface area contributed by atoms with Crippen LogP contribution in [0.4, 0.5) is 14.9 Å². The van der Waals surface area contributed by atoms with Crippen LogP contribution in [0.1, 0.15) is 13.8 Å². The van der Waals surface area contributed by atoms with Gasteiger partial charge in [0.15, 0.2) is 0 Å². The summed E-state index contributed by atoms with van der Waals surface area (Å²) in [6, 6.07) is 2.33. The van der Waals surface area contributed by atoms with Crippen LogP contribution >= 0.6 is 27.5 Å². The number of nitrogens with one attached hydrogen (secondary N) is 1. The first-order valence-corrected chi connectivity index (χ1v) is 6.15. The van der Waals surface area contributed by atoms with Crippen LogP contribution in [0.5, 0.6) is 0 Å².